The lowest BCUT2D eigenvalue weighted by Crippen LogP contribution is -2.04. The molecule has 3 heteroatoms. The standard InChI is InChI=1S/C8H15N3/c1-4-8-9-6-11(10-8)5-7(2)3/h6-7H,4-5H2,1-3H3. The lowest BCUT2D eigenvalue weighted by Gasteiger charge is -2.01. The highest BCUT2D eigenvalue weighted by molar-refractivity contribution is 4.79. The van der Waals surface area contributed by atoms with Crippen molar-refractivity contribution in [3.63, 3.8) is 0 Å². The number of aromatic nitrogens is 3. The average Bonchev–Trinajstić information content (AvgIpc) is 2.34. The average molecular weight is 153 g/mol. The smallest absolute Gasteiger partial charge is 0.150 e. The maximum Gasteiger partial charge on any atom is 0.150 e. The summed E-state index contributed by atoms with van der Waals surface area (Å²) in [4.78, 5) is 4.14. The topological polar surface area (TPSA) is 30.7 Å². The molecule has 0 aliphatic rings. The van der Waals surface area contributed by atoms with E-state index in [1.165, 1.54) is 0 Å². The Balaban J connectivity index is 2.58. The molecule has 0 aliphatic carbocycles. The van der Waals surface area contributed by atoms with Crippen molar-refractivity contribution in [2.24, 2.45) is 5.92 Å². The number of nitrogens with zero attached hydrogens (tertiary/aromatic N) is 3. The first kappa shape index (κ1) is 8.24. The Morgan fingerprint density at radius 3 is 2.73 bits per heavy atom. The quantitative estimate of drug-likeness (QED) is 0.658. The molecule has 1 aromatic rings. The lowest BCUT2D eigenvalue weighted by molar-refractivity contribution is 0.479. The predicted molar refractivity (Wildman–Crippen MR) is 44.2 cm³/mol. The highest BCUT2D eigenvalue weighted by Gasteiger charge is 1.99. The fourth-order valence-electron chi connectivity index (χ4n) is 0.957. The largest absolute Gasteiger partial charge is 0.252 e. The van der Waals surface area contributed by atoms with E-state index in [2.05, 4.69) is 30.9 Å². The molecule has 1 aromatic heterocycles. The summed E-state index contributed by atoms with van der Waals surface area (Å²) in [7, 11) is 0. The van der Waals surface area contributed by atoms with E-state index in [0.717, 1.165) is 18.8 Å². The van der Waals surface area contributed by atoms with Gasteiger partial charge >= 0.3 is 0 Å². The maximum absolute atomic E-state index is 4.27. The molecule has 0 atom stereocenters. The molecule has 0 bridgehead atoms. The first-order valence-corrected chi connectivity index (χ1v) is 4.10. The van der Waals surface area contributed by atoms with Crippen molar-refractivity contribution in [2.75, 3.05) is 0 Å². The summed E-state index contributed by atoms with van der Waals surface area (Å²) in [5, 5.41) is 4.27. The van der Waals surface area contributed by atoms with Crippen molar-refractivity contribution in [1.82, 2.24) is 14.8 Å². The highest BCUT2D eigenvalue weighted by Crippen LogP contribution is 1.97. The van der Waals surface area contributed by atoms with Crippen LogP contribution in [-0.4, -0.2) is 14.8 Å². The minimum atomic E-state index is 0.640. The minimum absolute atomic E-state index is 0.640. The molecule has 0 radical (unpaired) electrons. The summed E-state index contributed by atoms with van der Waals surface area (Å²) in [6.45, 7) is 7.38. The fraction of sp³-hybridized carbons (Fsp3) is 0.750. The summed E-state index contributed by atoms with van der Waals surface area (Å²) in [5.41, 5.74) is 0. The lowest BCUT2D eigenvalue weighted by atomic mass is 10.2. The zero-order valence-electron chi connectivity index (χ0n) is 7.41. The van der Waals surface area contributed by atoms with E-state index < -0.39 is 0 Å². The van der Waals surface area contributed by atoms with E-state index in [1.54, 1.807) is 6.33 Å². The van der Waals surface area contributed by atoms with Crippen LogP contribution < -0.4 is 0 Å². The van der Waals surface area contributed by atoms with Crippen LogP contribution in [0.1, 0.15) is 26.6 Å². The summed E-state index contributed by atoms with van der Waals surface area (Å²) >= 11 is 0. The molecule has 0 spiro atoms. The first-order valence-electron chi connectivity index (χ1n) is 4.10. The van der Waals surface area contributed by atoms with Gasteiger partial charge in [-0.1, -0.05) is 20.8 Å². The van der Waals surface area contributed by atoms with E-state index in [4.69, 9.17) is 0 Å². The Labute approximate surface area is 67.4 Å². The van der Waals surface area contributed by atoms with Crippen LogP contribution in [0.4, 0.5) is 0 Å². The SMILES string of the molecule is CCc1ncn(CC(C)C)n1. The second kappa shape index (κ2) is 3.51. The second-order valence-electron chi connectivity index (χ2n) is 3.13. The van der Waals surface area contributed by atoms with Crippen LogP contribution in [-0.2, 0) is 13.0 Å². The van der Waals surface area contributed by atoms with Gasteiger partial charge in [0.05, 0.1) is 0 Å². The van der Waals surface area contributed by atoms with Crippen LogP contribution >= 0.6 is 0 Å². The van der Waals surface area contributed by atoms with E-state index >= 15 is 0 Å². The summed E-state index contributed by atoms with van der Waals surface area (Å²) < 4.78 is 1.91. The third-order valence-corrected chi connectivity index (χ3v) is 1.45. The van der Waals surface area contributed by atoms with Gasteiger partial charge in [-0.3, -0.25) is 4.68 Å². The van der Waals surface area contributed by atoms with E-state index in [9.17, 15) is 0 Å². The number of hydrogen-bond donors (Lipinski definition) is 0. The van der Waals surface area contributed by atoms with Crippen LogP contribution in [0.15, 0.2) is 6.33 Å². The van der Waals surface area contributed by atoms with Gasteiger partial charge < -0.3 is 0 Å². The normalized spacial score (nSPS) is 10.9. The van der Waals surface area contributed by atoms with Gasteiger partial charge in [0.15, 0.2) is 0 Å². The summed E-state index contributed by atoms with van der Waals surface area (Å²) in [6, 6.07) is 0. The molecule has 0 saturated carbocycles. The van der Waals surface area contributed by atoms with Crippen molar-refractivity contribution in [1.29, 1.82) is 0 Å². The minimum Gasteiger partial charge on any atom is -0.252 e. The maximum atomic E-state index is 4.27. The van der Waals surface area contributed by atoms with E-state index in [1.807, 2.05) is 4.68 Å². The molecule has 0 aromatic carbocycles. The van der Waals surface area contributed by atoms with Crippen molar-refractivity contribution >= 4 is 0 Å². The van der Waals surface area contributed by atoms with Crippen LogP contribution in [0, 0.1) is 5.92 Å². The Kier molecular flexibility index (Phi) is 2.63. The molecule has 0 unspecified atom stereocenters. The van der Waals surface area contributed by atoms with Crippen molar-refractivity contribution in [3.05, 3.63) is 12.2 Å². The van der Waals surface area contributed by atoms with Gasteiger partial charge in [0.2, 0.25) is 0 Å². The van der Waals surface area contributed by atoms with Crippen LogP contribution in [0.3, 0.4) is 0 Å². The third kappa shape index (κ3) is 2.33. The molecule has 3 nitrogen and oxygen atoms in total. The zero-order valence-corrected chi connectivity index (χ0v) is 7.41. The summed E-state index contributed by atoms with van der Waals surface area (Å²) in [5.74, 6) is 1.58. The van der Waals surface area contributed by atoms with Gasteiger partial charge in [-0.2, -0.15) is 5.10 Å². The Bertz CT molecular complexity index is 215. The molecule has 11 heavy (non-hydrogen) atoms. The highest BCUT2D eigenvalue weighted by atomic mass is 15.3. The predicted octanol–water partition coefficient (Wildman–Crippen LogP) is 1.50. The van der Waals surface area contributed by atoms with Crippen LogP contribution in [0.5, 0.6) is 0 Å². The van der Waals surface area contributed by atoms with Gasteiger partial charge in [-0.25, -0.2) is 4.98 Å². The first-order chi connectivity index (χ1) is 5.22. The fourth-order valence-corrected chi connectivity index (χ4v) is 0.957. The Morgan fingerprint density at radius 2 is 2.27 bits per heavy atom. The van der Waals surface area contributed by atoms with Crippen molar-refractivity contribution < 1.29 is 0 Å². The van der Waals surface area contributed by atoms with Crippen LogP contribution in [0.2, 0.25) is 0 Å². The number of hydrogen-bond acceptors (Lipinski definition) is 2. The van der Waals surface area contributed by atoms with Crippen molar-refractivity contribution in [2.45, 2.75) is 33.7 Å². The monoisotopic (exact) mass is 153 g/mol. The molecule has 0 fully saturated rings. The molecule has 0 saturated heterocycles. The van der Waals surface area contributed by atoms with E-state index in [0.29, 0.717) is 5.92 Å². The Hall–Kier alpha value is -0.860. The number of rotatable bonds is 3. The van der Waals surface area contributed by atoms with Gasteiger partial charge in [-0.15, -0.1) is 0 Å². The van der Waals surface area contributed by atoms with Gasteiger partial charge in [-0.05, 0) is 5.92 Å². The molecule has 1 rings (SSSR count). The molecule has 1 heterocycles. The van der Waals surface area contributed by atoms with Gasteiger partial charge in [0, 0.05) is 13.0 Å². The number of aryl methyl sites for hydroxylation is 1. The second-order valence-corrected chi connectivity index (χ2v) is 3.13. The molecular formula is C8H15N3. The van der Waals surface area contributed by atoms with Crippen molar-refractivity contribution in [3.8, 4) is 0 Å². The zero-order chi connectivity index (χ0) is 8.27. The van der Waals surface area contributed by atoms with Crippen LogP contribution in [0.25, 0.3) is 0 Å². The Morgan fingerprint density at radius 1 is 1.55 bits per heavy atom. The van der Waals surface area contributed by atoms with E-state index in [-0.39, 0.29) is 0 Å². The molecule has 0 aliphatic heterocycles. The molecular weight excluding hydrogens is 138 g/mol. The molecule has 0 amide bonds. The third-order valence-electron chi connectivity index (χ3n) is 1.45. The van der Waals surface area contributed by atoms with Gasteiger partial charge in [0.25, 0.3) is 0 Å². The summed E-state index contributed by atoms with van der Waals surface area (Å²) in [6.07, 6.45) is 2.73. The van der Waals surface area contributed by atoms with Gasteiger partial charge in [0.1, 0.15) is 12.2 Å². The molecule has 62 valence electrons. The molecule has 0 N–H and O–H groups in total.